The van der Waals surface area contributed by atoms with Gasteiger partial charge in [-0.25, -0.2) is 9.97 Å². The highest BCUT2D eigenvalue weighted by Crippen LogP contribution is 2.39. The van der Waals surface area contributed by atoms with Gasteiger partial charge in [0.1, 0.15) is 5.03 Å². The minimum atomic E-state index is -0.221. The summed E-state index contributed by atoms with van der Waals surface area (Å²) in [5.74, 6) is 0.599. The topological polar surface area (TPSA) is 61.4 Å². The molecule has 2 aliphatic rings. The lowest BCUT2D eigenvalue weighted by Crippen LogP contribution is -2.35. The van der Waals surface area contributed by atoms with Crippen LogP contribution in [0.15, 0.2) is 60.3 Å². The molecule has 3 aromatic rings. The number of nitrogens with zero attached hydrogens (tertiary/aromatic N) is 4. The quantitative estimate of drug-likeness (QED) is 0.356. The molecule has 3 heterocycles. The molecule has 0 atom stereocenters. The molecule has 0 saturated carbocycles. The van der Waals surface area contributed by atoms with E-state index in [-0.39, 0.29) is 5.91 Å². The summed E-state index contributed by atoms with van der Waals surface area (Å²) < 4.78 is 0. The Morgan fingerprint density at radius 3 is 2.79 bits per heavy atom. The predicted molar refractivity (Wildman–Crippen MR) is 135 cm³/mol. The Labute approximate surface area is 206 Å². The molecule has 2 aromatic carbocycles. The Hall–Kier alpha value is -2.58. The maximum atomic E-state index is 13.1. The van der Waals surface area contributed by atoms with Crippen molar-refractivity contribution in [2.75, 3.05) is 29.2 Å². The first kappa shape index (κ1) is 22.2. The van der Waals surface area contributed by atoms with Crippen molar-refractivity contribution in [3.8, 4) is 0 Å². The molecule has 0 unspecified atom stereocenters. The molecule has 0 bridgehead atoms. The highest BCUT2D eigenvalue weighted by molar-refractivity contribution is 7.99. The third kappa shape index (κ3) is 4.46. The molecule has 1 amide bonds. The number of halogens is 2. The average molecular weight is 498 g/mol. The van der Waals surface area contributed by atoms with Gasteiger partial charge in [0.25, 0.3) is 5.91 Å². The number of carbonyl (C=O) groups excluding carboxylic acids is 1. The van der Waals surface area contributed by atoms with Gasteiger partial charge in [-0.2, -0.15) is 0 Å². The number of amides is 1. The Kier molecular flexibility index (Phi) is 6.29. The van der Waals surface area contributed by atoms with Crippen molar-refractivity contribution >= 4 is 58.2 Å². The number of benzene rings is 2. The minimum Gasteiger partial charge on any atom is -0.324 e. The molecule has 0 aliphatic carbocycles. The summed E-state index contributed by atoms with van der Waals surface area (Å²) in [5.41, 5.74) is 4.52. The van der Waals surface area contributed by atoms with Crippen LogP contribution in [0.25, 0.3) is 0 Å². The van der Waals surface area contributed by atoms with Gasteiger partial charge in [0.15, 0.2) is 0 Å². The van der Waals surface area contributed by atoms with Crippen molar-refractivity contribution in [1.82, 2.24) is 14.9 Å². The smallest absolute Gasteiger partial charge is 0.263 e. The zero-order chi connectivity index (χ0) is 22.9. The van der Waals surface area contributed by atoms with E-state index in [0.29, 0.717) is 38.1 Å². The molecular formula is C24H21Cl2N5OS. The number of hydrogen-bond donors (Lipinski definition) is 1. The van der Waals surface area contributed by atoms with E-state index in [2.05, 4.69) is 38.9 Å². The molecule has 9 heteroatoms. The number of nitrogens with one attached hydrogen (secondary N) is 1. The monoisotopic (exact) mass is 497 g/mol. The number of carbonyl (C=O) groups is 1. The van der Waals surface area contributed by atoms with Crippen LogP contribution in [0.4, 0.5) is 17.3 Å². The third-order valence-corrected chi connectivity index (χ3v) is 7.29. The van der Waals surface area contributed by atoms with Gasteiger partial charge in [0, 0.05) is 31.5 Å². The average Bonchev–Trinajstić information content (AvgIpc) is 2.80. The molecule has 2 aliphatic heterocycles. The summed E-state index contributed by atoms with van der Waals surface area (Å²) in [6, 6.07) is 11.5. The maximum Gasteiger partial charge on any atom is 0.263 e. The fourth-order valence-corrected chi connectivity index (χ4v) is 5.63. The van der Waals surface area contributed by atoms with Gasteiger partial charge < -0.3 is 5.32 Å². The third-order valence-electron chi connectivity index (χ3n) is 5.71. The first-order chi connectivity index (χ1) is 16.0. The Bertz CT molecular complexity index is 1230. The zero-order valence-electron chi connectivity index (χ0n) is 17.7. The van der Waals surface area contributed by atoms with Gasteiger partial charge in [0.05, 0.1) is 27.2 Å². The van der Waals surface area contributed by atoms with Crippen LogP contribution in [0, 0.1) is 0 Å². The van der Waals surface area contributed by atoms with E-state index in [9.17, 15) is 4.79 Å². The van der Waals surface area contributed by atoms with Gasteiger partial charge in [-0.1, -0.05) is 53.2 Å². The number of fused-ring (bicyclic) bond motifs is 2. The summed E-state index contributed by atoms with van der Waals surface area (Å²) >= 11 is 14.1. The lowest BCUT2D eigenvalue weighted by Gasteiger charge is -2.29. The van der Waals surface area contributed by atoms with Gasteiger partial charge >= 0.3 is 0 Å². The molecule has 168 valence electrons. The number of hydrogen-bond acceptors (Lipinski definition) is 6. The Balaban J connectivity index is 1.36. The Morgan fingerprint density at radius 2 is 2.00 bits per heavy atom. The molecule has 6 nitrogen and oxygen atoms in total. The second-order valence-electron chi connectivity index (χ2n) is 7.87. The number of rotatable bonds is 5. The lowest BCUT2D eigenvalue weighted by molar-refractivity contribution is 0.0985. The molecule has 0 radical (unpaired) electrons. The van der Waals surface area contributed by atoms with Gasteiger partial charge in [0.2, 0.25) is 5.95 Å². The molecule has 1 N–H and O–H groups in total. The van der Waals surface area contributed by atoms with E-state index in [1.165, 1.54) is 22.9 Å². The second-order valence-corrected chi connectivity index (χ2v) is 9.62. The van der Waals surface area contributed by atoms with Crippen molar-refractivity contribution in [3.63, 3.8) is 0 Å². The van der Waals surface area contributed by atoms with Crippen LogP contribution < -0.4 is 10.2 Å². The summed E-state index contributed by atoms with van der Waals surface area (Å²) in [5, 5.41) is 4.77. The Morgan fingerprint density at radius 1 is 1.18 bits per heavy atom. The summed E-state index contributed by atoms with van der Waals surface area (Å²) in [6.45, 7) is 6.66. The fraction of sp³-hybridized carbons (Fsp3) is 0.208. The van der Waals surface area contributed by atoms with Crippen LogP contribution in [0.2, 0.25) is 10.0 Å². The van der Waals surface area contributed by atoms with Crippen LogP contribution in [-0.4, -0.2) is 39.7 Å². The van der Waals surface area contributed by atoms with Crippen molar-refractivity contribution < 1.29 is 4.79 Å². The standard InChI is InChI=1S/C24H21Cl2N5OS/c1-2-9-30-10-8-15-6-7-17(11-16(15)13-30)28-24-27-12-18-22(29-24)33-14-31(23(18)32)21-19(25)4-3-5-20(21)26/h2-7,11-12H,1,8-10,13-14H2,(H,27,28,29). The van der Waals surface area contributed by atoms with Crippen molar-refractivity contribution in [1.29, 1.82) is 0 Å². The van der Waals surface area contributed by atoms with E-state index in [1.54, 1.807) is 29.3 Å². The maximum absolute atomic E-state index is 13.1. The molecule has 0 fully saturated rings. The van der Waals surface area contributed by atoms with E-state index < -0.39 is 0 Å². The van der Waals surface area contributed by atoms with E-state index in [0.717, 1.165) is 31.7 Å². The van der Waals surface area contributed by atoms with Crippen LogP contribution >= 0.6 is 35.0 Å². The van der Waals surface area contributed by atoms with Gasteiger partial charge in [-0.15, -0.1) is 6.58 Å². The number of para-hydroxylation sites is 1. The number of anilines is 3. The van der Waals surface area contributed by atoms with Gasteiger partial charge in [-0.3, -0.25) is 14.6 Å². The molecule has 0 saturated heterocycles. The van der Waals surface area contributed by atoms with Gasteiger partial charge in [-0.05, 0) is 41.8 Å². The predicted octanol–water partition coefficient (Wildman–Crippen LogP) is 5.78. The van der Waals surface area contributed by atoms with E-state index >= 15 is 0 Å². The van der Waals surface area contributed by atoms with E-state index in [1.807, 2.05) is 12.1 Å². The summed E-state index contributed by atoms with van der Waals surface area (Å²) in [7, 11) is 0. The van der Waals surface area contributed by atoms with Crippen LogP contribution in [0.3, 0.4) is 0 Å². The summed E-state index contributed by atoms with van der Waals surface area (Å²) in [6.07, 6.45) is 4.53. The first-order valence-corrected chi connectivity index (χ1v) is 12.3. The molecule has 1 aromatic heterocycles. The van der Waals surface area contributed by atoms with Crippen LogP contribution in [0.1, 0.15) is 21.5 Å². The van der Waals surface area contributed by atoms with E-state index in [4.69, 9.17) is 23.2 Å². The highest BCUT2D eigenvalue weighted by atomic mass is 35.5. The SMILES string of the molecule is C=CCN1CCc2ccc(Nc3ncc4c(n3)SCN(c3c(Cl)cccc3Cl)C4=O)cc2C1. The lowest BCUT2D eigenvalue weighted by atomic mass is 9.99. The largest absolute Gasteiger partial charge is 0.324 e. The molecule has 5 rings (SSSR count). The van der Waals surface area contributed by atoms with Crippen LogP contribution in [-0.2, 0) is 13.0 Å². The molecule has 0 spiro atoms. The molecule has 33 heavy (non-hydrogen) atoms. The van der Waals surface area contributed by atoms with Crippen molar-refractivity contribution in [2.24, 2.45) is 0 Å². The van der Waals surface area contributed by atoms with Crippen molar-refractivity contribution in [2.45, 2.75) is 18.0 Å². The normalized spacial score (nSPS) is 15.7. The zero-order valence-corrected chi connectivity index (χ0v) is 20.1. The summed E-state index contributed by atoms with van der Waals surface area (Å²) in [4.78, 5) is 26.0. The second kappa shape index (κ2) is 9.35. The van der Waals surface area contributed by atoms with Crippen LogP contribution in [0.5, 0.6) is 0 Å². The fourth-order valence-electron chi connectivity index (χ4n) is 4.09. The minimum absolute atomic E-state index is 0.221. The highest BCUT2D eigenvalue weighted by Gasteiger charge is 2.30. The van der Waals surface area contributed by atoms with Crippen molar-refractivity contribution in [3.05, 3.63) is 82.0 Å². The number of aromatic nitrogens is 2. The molecular weight excluding hydrogens is 477 g/mol. The number of thioether (sulfide) groups is 1. The first-order valence-electron chi connectivity index (χ1n) is 10.5.